The molecule has 7 nitrogen and oxygen atoms in total. The summed E-state index contributed by atoms with van der Waals surface area (Å²) in [5.74, 6) is -1.47. The van der Waals surface area contributed by atoms with Gasteiger partial charge < -0.3 is 10.1 Å². The highest BCUT2D eigenvalue weighted by molar-refractivity contribution is 7.12. The number of carbonyl (C=O) groups is 2. The maximum Gasteiger partial charge on any atom is 0.366 e. The molecule has 0 aromatic carbocycles. The van der Waals surface area contributed by atoms with Crippen molar-refractivity contribution in [2.24, 2.45) is 0 Å². The summed E-state index contributed by atoms with van der Waals surface area (Å²) in [5.41, 5.74) is 0.351. The quantitative estimate of drug-likeness (QED) is 0.529. The molecular weight excluding hydrogens is 282 g/mol. The van der Waals surface area contributed by atoms with Gasteiger partial charge in [0.1, 0.15) is 0 Å². The summed E-state index contributed by atoms with van der Waals surface area (Å²) in [5, 5.41) is 14.5. The van der Waals surface area contributed by atoms with Crippen molar-refractivity contribution < 1.29 is 14.5 Å². The van der Waals surface area contributed by atoms with E-state index in [0.717, 1.165) is 6.20 Å². The minimum Gasteiger partial charge on any atom is -0.358 e. The summed E-state index contributed by atoms with van der Waals surface area (Å²) >= 11 is 1.21. The van der Waals surface area contributed by atoms with Gasteiger partial charge in [0.05, 0.1) is 10.4 Å². The molecule has 0 fully saturated rings. The number of hydrogen-bond donors (Lipinski definition) is 1. The summed E-state index contributed by atoms with van der Waals surface area (Å²) in [6.07, 6.45) is 1.07. The second-order valence-electron chi connectivity index (χ2n) is 3.88. The molecule has 2 heterocycles. The Morgan fingerprint density at radius 3 is 2.70 bits per heavy atom. The lowest BCUT2D eigenvalue weighted by Crippen LogP contribution is -2.30. The van der Waals surface area contributed by atoms with Crippen LogP contribution in [-0.2, 0) is 0 Å². The third kappa shape index (κ3) is 2.86. The molecule has 0 saturated carbocycles. The molecule has 1 N–H and O–H groups in total. The molecule has 2 rings (SSSR count). The minimum absolute atomic E-state index is 0.0954. The molecule has 0 atom stereocenters. The van der Waals surface area contributed by atoms with Crippen molar-refractivity contribution >= 4 is 29.0 Å². The van der Waals surface area contributed by atoms with Gasteiger partial charge in [-0.2, -0.15) is 0 Å². The van der Waals surface area contributed by atoms with Crippen molar-refractivity contribution in [3.63, 3.8) is 0 Å². The van der Waals surface area contributed by atoms with Gasteiger partial charge >= 0.3 is 5.82 Å². The number of pyridine rings is 1. The van der Waals surface area contributed by atoms with E-state index >= 15 is 0 Å². The van der Waals surface area contributed by atoms with Crippen LogP contribution in [0.2, 0.25) is 0 Å². The summed E-state index contributed by atoms with van der Waals surface area (Å²) in [6.45, 7) is 1.48. The smallest absolute Gasteiger partial charge is 0.358 e. The molecule has 0 aliphatic carbocycles. The molecule has 0 bridgehead atoms. The predicted molar refractivity (Wildman–Crippen MR) is 71.7 cm³/mol. The van der Waals surface area contributed by atoms with E-state index in [4.69, 9.17) is 0 Å². The lowest BCUT2D eigenvalue weighted by Gasteiger charge is -2.02. The van der Waals surface area contributed by atoms with Crippen LogP contribution in [0.5, 0.6) is 0 Å². The lowest BCUT2D eigenvalue weighted by atomic mass is 10.2. The number of nitrogens with one attached hydrogen (secondary N) is 1. The topological polar surface area (TPSA) is 102 Å². The van der Waals surface area contributed by atoms with E-state index in [9.17, 15) is 19.7 Å². The van der Waals surface area contributed by atoms with Crippen LogP contribution in [0, 0.1) is 17.0 Å². The lowest BCUT2D eigenvalue weighted by molar-refractivity contribution is -0.390. The fourth-order valence-corrected chi connectivity index (χ4v) is 2.15. The molecule has 2 amide bonds. The SMILES string of the molecule is Cc1cc(C(=O)NC(=O)c2cccs2)cnc1[N+](=O)[O-]. The van der Waals surface area contributed by atoms with Crippen molar-refractivity contribution in [1.82, 2.24) is 10.3 Å². The second kappa shape index (κ2) is 5.57. The van der Waals surface area contributed by atoms with Gasteiger partial charge in [-0.25, -0.2) is 0 Å². The Balaban J connectivity index is 2.16. The van der Waals surface area contributed by atoms with Crippen LogP contribution < -0.4 is 5.32 Å². The molecule has 0 aliphatic rings. The fourth-order valence-electron chi connectivity index (χ4n) is 1.53. The number of amides is 2. The molecule has 2 aromatic heterocycles. The zero-order valence-corrected chi connectivity index (χ0v) is 11.1. The van der Waals surface area contributed by atoms with E-state index in [-0.39, 0.29) is 16.9 Å². The molecule has 2 aromatic rings. The normalized spacial score (nSPS) is 10.1. The largest absolute Gasteiger partial charge is 0.366 e. The van der Waals surface area contributed by atoms with Crippen LogP contribution in [0.15, 0.2) is 29.8 Å². The summed E-state index contributed by atoms with van der Waals surface area (Å²) in [4.78, 5) is 37.5. The highest BCUT2D eigenvalue weighted by atomic mass is 32.1. The van der Waals surface area contributed by atoms with Gasteiger partial charge in [0.25, 0.3) is 11.8 Å². The maximum absolute atomic E-state index is 11.8. The van der Waals surface area contributed by atoms with E-state index in [1.807, 2.05) is 0 Å². The number of nitrogens with zero attached hydrogens (tertiary/aromatic N) is 2. The number of hydrogen-bond acceptors (Lipinski definition) is 6. The van der Waals surface area contributed by atoms with Gasteiger partial charge in [0.15, 0.2) is 6.20 Å². The van der Waals surface area contributed by atoms with Gasteiger partial charge in [0.2, 0.25) is 0 Å². The van der Waals surface area contributed by atoms with E-state index in [1.165, 1.54) is 24.3 Å². The monoisotopic (exact) mass is 291 g/mol. The number of aryl methyl sites for hydroxylation is 1. The zero-order valence-electron chi connectivity index (χ0n) is 10.3. The standard InChI is InChI=1S/C12H9N3O4S/c1-7-5-8(6-13-10(7)15(18)19)11(16)14-12(17)9-3-2-4-20-9/h2-6H,1H3,(H,14,16,17). The number of imide groups is 1. The van der Waals surface area contributed by atoms with Crippen LogP contribution >= 0.6 is 11.3 Å². The average Bonchev–Trinajstić information content (AvgIpc) is 2.91. The first-order valence-corrected chi connectivity index (χ1v) is 6.37. The molecule has 0 spiro atoms. The summed E-state index contributed by atoms with van der Waals surface area (Å²) < 4.78 is 0. The van der Waals surface area contributed by atoms with Gasteiger partial charge in [0, 0.05) is 5.56 Å². The number of rotatable bonds is 3. The van der Waals surface area contributed by atoms with Crippen LogP contribution in [0.1, 0.15) is 25.6 Å². The van der Waals surface area contributed by atoms with E-state index < -0.39 is 16.7 Å². The number of aromatic nitrogens is 1. The first-order valence-electron chi connectivity index (χ1n) is 5.49. The van der Waals surface area contributed by atoms with Crippen molar-refractivity contribution in [2.45, 2.75) is 6.92 Å². The molecule has 8 heteroatoms. The Morgan fingerprint density at radius 1 is 1.40 bits per heavy atom. The molecule has 102 valence electrons. The fraction of sp³-hybridized carbons (Fsp3) is 0.0833. The van der Waals surface area contributed by atoms with Crippen molar-refractivity contribution in [2.75, 3.05) is 0 Å². The third-order valence-electron chi connectivity index (χ3n) is 2.46. The van der Waals surface area contributed by atoms with Gasteiger partial charge in [-0.1, -0.05) is 6.07 Å². The molecule has 0 radical (unpaired) electrons. The number of carbonyl (C=O) groups excluding carboxylic acids is 2. The average molecular weight is 291 g/mol. The van der Waals surface area contributed by atoms with Crippen LogP contribution in [0.3, 0.4) is 0 Å². The van der Waals surface area contributed by atoms with Crippen LogP contribution in [-0.4, -0.2) is 21.7 Å². The Morgan fingerprint density at radius 2 is 2.15 bits per heavy atom. The zero-order chi connectivity index (χ0) is 14.7. The summed E-state index contributed by atoms with van der Waals surface area (Å²) in [6, 6.07) is 4.61. The molecule has 0 saturated heterocycles. The Labute approximate surface area is 117 Å². The highest BCUT2D eigenvalue weighted by Crippen LogP contribution is 2.15. The molecule has 20 heavy (non-hydrogen) atoms. The first kappa shape index (κ1) is 13.8. The third-order valence-corrected chi connectivity index (χ3v) is 3.33. The van der Waals surface area contributed by atoms with E-state index in [0.29, 0.717) is 4.88 Å². The number of thiophene rings is 1. The van der Waals surface area contributed by atoms with Gasteiger partial charge in [-0.05, 0) is 34.3 Å². The summed E-state index contributed by atoms with van der Waals surface area (Å²) in [7, 11) is 0. The van der Waals surface area contributed by atoms with Gasteiger partial charge in [-0.3, -0.25) is 14.9 Å². The Hall–Kier alpha value is -2.61. The van der Waals surface area contributed by atoms with Gasteiger partial charge in [-0.15, -0.1) is 11.3 Å². The van der Waals surface area contributed by atoms with Crippen molar-refractivity contribution in [3.8, 4) is 0 Å². The molecule has 0 aliphatic heterocycles. The highest BCUT2D eigenvalue weighted by Gasteiger charge is 2.18. The van der Waals surface area contributed by atoms with Crippen molar-refractivity contribution in [3.05, 3.63) is 55.9 Å². The number of nitro groups is 1. The Kier molecular flexibility index (Phi) is 3.85. The van der Waals surface area contributed by atoms with E-state index in [2.05, 4.69) is 10.3 Å². The minimum atomic E-state index is -0.645. The maximum atomic E-state index is 11.8. The molecular formula is C12H9N3O4S. The Bertz CT molecular complexity index is 682. The van der Waals surface area contributed by atoms with Crippen LogP contribution in [0.25, 0.3) is 0 Å². The molecule has 0 unspecified atom stereocenters. The van der Waals surface area contributed by atoms with Crippen molar-refractivity contribution in [1.29, 1.82) is 0 Å². The van der Waals surface area contributed by atoms with E-state index in [1.54, 1.807) is 17.5 Å². The predicted octanol–water partition coefficient (Wildman–Crippen LogP) is 1.93. The second-order valence-corrected chi connectivity index (χ2v) is 4.83. The van der Waals surface area contributed by atoms with Crippen LogP contribution in [0.4, 0.5) is 5.82 Å². The first-order chi connectivity index (χ1) is 9.49.